The largest absolute Gasteiger partial charge is 0.497 e. The van der Waals surface area contributed by atoms with Crippen LogP contribution >= 0.6 is 0 Å². The molecule has 7 heteroatoms. The van der Waals surface area contributed by atoms with Crippen molar-refractivity contribution in [3.63, 3.8) is 0 Å². The van der Waals surface area contributed by atoms with E-state index in [1.807, 2.05) is 18.2 Å². The predicted octanol–water partition coefficient (Wildman–Crippen LogP) is 3.45. The maximum Gasteiger partial charge on any atom is 0.231 e. The third kappa shape index (κ3) is 5.27. The van der Waals surface area contributed by atoms with Crippen LogP contribution in [0.3, 0.4) is 0 Å². The van der Waals surface area contributed by atoms with Crippen LogP contribution in [0.1, 0.15) is 31.9 Å². The van der Waals surface area contributed by atoms with Gasteiger partial charge in [0.2, 0.25) is 12.7 Å². The quantitative estimate of drug-likeness (QED) is 0.680. The molecular weight excluding hydrogens is 406 g/mol. The lowest BCUT2D eigenvalue weighted by molar-refractivity contribution is -0.122. The topological polar surface area (TPSA) is 63.3 Å². The Kier molecular flexibility index (Phi) is 7.05. The summed E-state index contributed by atoms with van der Waals surface area (Å²) in [6, 6.07) is 14.4. The van der Waals surface area contributed by atoms with E-state index in [0.717, 1.165) is 49.0 Å². The zero-order valence-electron chi connectivity index (χ0n) is 19.2. The van der Waals surface area contributed by atoms with Gasteiger partial charge < -0.3 is 24.4 Å². The summed E-state index contributed by atoms with van der Waals surface area (Å²) in [6.45, 7) is 8.63. The van der Waals surface area contributed by atoms with Crippen LogP contribution in [0.4, 0.5) is 5.69 Å². The summed E-state index contributed by atoms with van der Waals surface area (Å²) in [4.78, 5) is 17.2. The van der Waals surface area contributed by atoms with Crippen molar-refractivity contribution in [1.82, 2.24) is 10.2 Å². The molecule has 1 saturated heterocycles. The highest BCUT2D eigenvalue weighted by atomic mass is 16.7. The number of anilines is 1. The second-order valence-corrected chi connectivity index (χ2v) is 8.75. The van der Waals surface area contributed by atoms with Crippen LogP contribution in [0.5, 0.6) is 17.2 Å². The summed E-state index contributed by atoms with van der Waals surface area (Å²) < 4.78 is 16.4. The number of ether oxygens (including phenoxy) is 3. The molecule has 1 atom stereocenters. The minimum absolute atomic E-state index is 0.0821. The third-order valence-electron chi connectivity index (χ3n) is 6.06. The van der Waals surface area contributed by atoms with E-state index in [4.69, 9.17) is 14.2 Å². The highest BCUT2D eigenvalue weighted by Crippen LogP contribution is 2.36. The van der Waals surface area contributed by atoms with Crippen LogP contribution in [0.25, 0.3) is 0 Å². The zero-order valence-corrected chi connectivity index (χ0v) is 19.2. The number of methoxy groups -OCH3 is 1. The first-order valence-electron chi connectivity index (χ1n) is 11.3. The number of nitrogens with one attached hydrogen (secondary N) is 1. The van der Waals surface area contributed by atoms with Crippen LogP contribution in [-0.2, 0) is 4.79 Å². The van der Waals surface area contributed by atoms with E-state index in [1.54, 1.807) is 7.11 Å². The fourth-order valence-corrected chi connectivity index (χ4v) is 4.32. The lowest BCUT2D eigenvalue weighted by Crippen LogP contribution is -2.50. The maximum atomic E-state index is 12.4. The molecule has 1 fully saturated rings. The van der Waals surface area contributed by atoms with Crippen molar-refractivity contribution in [3.05, 3.63) is 48.0 Å². The van der Waals surface area contributed by atoms with Gasteiger partial charge >= 0.3 is 0 Å². The fraction of sp³-hybridized carbons (Fsp3) is 0.480. The molecule has 0 spiro atoms. The number of rotatable bonds is 8. The second-order valence-electron chi connectivity index (χ2n) is 8.75. The summed E-state index contributed by atoms with van der Waals surface area (Å²) in [6.07, 6.45) is 0.541. The van der Waals surface area contributed by atoms with Gasteiger partial charge in [0.1, 0.15) is 5.75 Å². The first kappa shape index (κ1) is 22.3. The van der Waals surface area contributed by atoms with Crippen molar-refractivity contribution < 1.29 is 19.0 Å². The average Bonchev–Trinajstić information content (AvgIpc) is 3.27. The molecule has 2 aliphatic rings. The molecule has 0 aliphatic carbocycles. The van der Waals surface area contributed by atoms with Crippen molar-refractivity contribution in [2.45, 2.75) is 26.3 Å². The lowest BCUT2D eigenvalue weighted by Gasteiger charge is -2.40. The summed E-state index contributed by atoms with van der Waals surface area (Å²) in [5.74, 6) is 2.86. The molecule has 0 saturated carbocycles. The normalized spacial score (nSPS) is 16.8. The van der Waals surface area contributed by atoms with Gasteiger partial charge in [-0.25, -0.2) is 0 Å². The maximum absolute atomic E-state index is 12.4. The molecule has 0 aromatic heterocycles. The third-order valence-corrected chi connectivity index (χ3v) is 6.06. The predicted molar refractivity (Wildman–Crippen MR) is 125 cm³/mol. The van der Waals surface area contributed by atoms with Gasteiger partial charge in [-0.3, -0.25) is 9.69 Å². The van der Waals surface area contributed by atoms with E-state index in [0.29, 0.717) is 18.9 Å². The Hall–Kier alpha value is -2.93. The van der Waals surface area contributed by atoms with E-state index in [1.165, 1.54) is 5.69 Å². The van der Waals surface area contributed by atoms with Crippen LogP contribution in [0, 0.1) is 5.92 Å². The van der Waals surface area contributed by atoms with Gasteiger partial charge in [-0.2, -0.15) is 0 Å². The van der Waals surface area contributed by atoms with E-state index in [-0.39, 0.29) is 18.7 Å². The molecule has 0 unspecified atom stereocenters. The van der Waals surface area contributed by atoms with Crippen molar-refractivity contribution in [2.75, 3.05) is 51.5 Å². The van der Waals surface area contributed by atoms with Gasteiger partial charge in [0.05, 0.1) is 13.2 Å². The average molecular weight is 440 g/mol. The van der Waals surface area contributed by atoms with Crippen molar-refractivity contribution in [3.8, 4) is 17.2 Å². The Labute approximate surface area is 190 Å². The molecule has 0 radical (unpaired) electrons. The number of hydrogen-bond donors (Lipinski definition) is 1. The molecule has 1 amide bonds. The number of hydrogen-bond acceptors (Lipinski definition) is 6. The number of carbonyl (C=O) groups is 1. The van der Waals surface area contributed by atoms with E-state index < -0.39 is 0 Å². The lowest BCUT2D eigenvalue weighted by atomic mass is 10.0. The number of nitrogens with zero attached hydrogens (tertiary/aromatic N) is 2. The van der Waals surface area contributed by atoms with Gasteiger partial charge in [-0.05, 0) is 47.9 Å². The molecule has 2 aliphatic heterocycles. The van der Waals surface area contributed by atoms with Crippen LogP contribution in [0.15, 0.2) is 42.5 Å². The van der Waals surface area contributed by atoms with Gasteiger partial charge in [0.25, 0.3) is 0 Å². The fourth-order valence-electron chi connectivity index (χ4n) is 4.32. The Morgan fingerprint density at radius 3 is 2.44 bits per heavy atom. The standard InChI is InChI=1S/C25H33N3O4/c1-18(2)14-25(29)26-16-22(19-4-9-23-24(15-19)32-17-31-23)28-12-10-27(11-13-28)20-5-7-21(30-3)8-6-20/h4-9,15,18,22H,10-14,16-17H2,1-3H3,(H,26,29)/t22-/m0/s1. The number of carbonyl (C=O) groups excluding carboxylic acids is 1. The van der Waals surface area contributed by atoms with Gasteiger partial charge in [0, 0.05) is 44.8 Å². The minimum Gasteiger partial charge on any atom is -0.497 e. The van der Waals surface area contributed by atoms with Crippen molar-refractivity contribution >= 4 is 11.6 Å². The van der Waals surface area contributed by atoms with Crippen molar-refractivity contribution in [1.29, 1.82) is 0 Å². The Morgan fingerprint density at radius 2 is 1.75 bits per heavy atom. The molecule has 2 aromatic rings. The highest BCUT2D eigenvalue weighted by molar-refractivity contribution is 5.76. The molecule has 1 N–H and O–H groups in total. The SMILES string of the molecule is COc1ccc(N2CCN([C@@H](CNC(=O)CC(C)C)c3ccc4c(c3)OCO4)CC2)cc1. The Bertz CT molecular complexity index is 908. The van der Waals surface area contributed by atoms with Crippen molar-refractivity contribution in [2.24, 2.45) is 5.92 Å². The summed E-state index contributed by atoms with van der Waals surface area (Å²) >= 11 is 0. The Balaban J connectivity index is 1.45. The van der Waals surface area contributed by atoms with E-state index in [9.17, 15) is 4.79 Å². The summed E-state index contributed by atoms with van der Waals surface area (Å²) in [5, 5.41) is 3.15. The monoisotopic (exact) mass is 439 g/mol. The van der Waals surface area contributed by atoms with E-state index in [2.05, 4.69) is 53.2 Å². The second kappa shape index (κ2) is 10.1. The number of benzene rings is 2. The van der Waals surface area contributed by atoms with Crippen LogP contribution < -0.4 is 24.4 Å². The summed E-state index contributed by atoms with van der Waals surface area (Å²) in [7, 11) is 1.68. The smallest absolute Gasteiger partial charge is 0.231 e. The molecule has 2 heterocycles. The Morgan fingerprint density at radius 1 is 1.03 bits per heavy atom. The highest BCUT2D eigenvalue weighted by Gasteiger charge is 2.27. The minimum atomic E-state index is 0.0821. The summed E-state index contributed by atoms with van der Waals surface area (Å²) in [5.41, 5.74) is 2.34. The number of fused-ring (bicyclic) bond motifs is 1. The first-order chi connectivity index (χ1) is 15.5. The molecule has 172 valence electrons. The van der Waals surface area contributed by atoms with Gasteiger partial charge in [0.15, 0.2) is 11.5 Å². The molecule has 2 aromatic carbocycles. The molecular formula is C25H33N3O4. The first-order valence-corrected chi connectivity index (χ1v) is 11.3. The molecule has 0 bridgehead atoms. The number of amides is 1. The molecule has 7 nitrogen and oxygen atoms in total. The van der Waals surface area contributed by atoms with E-state index >= 15 is 0 Å². The van der Waals surface area contributed by atoms with Gasteiger partial charge in [-0.1, -0.05) is 19.9 Å². The van der Waals surface area contributed by atoms with Gasteiger partial charge in [-0.15, -0.1) is 0 Å². The molecule has 32 heavy (non-hydrogen) atoms. The number of piperazine rings is 1. The van der Waals surface area contributed by atoms with Crippen LogP contribution in [-0.4, -0.2) is 57.4 Å². The van der Waals surface area contributed by atoms with Crippen LogP contribution in [0.2, 0.25) is 0 Å². The molecule has 4 rings (SSSR count). The zero-order chi connectivity index (χ0) is 22.5.